The molecular formula is C63H134N2O12Si4. The van der Waals surface area contributed by atoms with Gasteiger partial charge in [-0.2, -0.15) is 0 Å². The lowest BCUT2D eigenvalue weighted by atomic mass is 9.78. The highest BCUT2D eigenvalue weighted by Gasteiger charge is 2.73. The van der Waals surface area contributed by atoms with Gasteiger partial charge in [-0.15, -0.1) is 0 Å². The summed E-state index contributed by atoms with van der Waals surface area (Å²) in [5, 5.41) is 12.6. The normalized spacial score (nSPS) is 19.9. The number of rotatable bonds is 34. The van der Waals surface area contributed by atoms with Gasteiger partial charge in [-0.3, -0.25) is 0 Å². The Kier molecular flexibility index (Phi) is 36.8. The van der Waals surface area contributed by atoms with Crippen LogP contribution >= 0.6 is 0 Å². The fourth-order valence-electron chi connectivity index (χ4n) is 13.3. The van der Waals surface area contributed by atoms with Crippen LogP contribution < -0.4 is 11.1 Å². The van der Waals surface area contributed by atoms with E-state index in [-0.39, 0.29) is 30.2 Å². The summed E-state index contributed by atoms with van der Waals surface area (Å²) in [6, 6.07) is 2.74. The molecule has 3 fully saturated rings. The highest BCUT2D eigenvalue weighted by atomic mass is 28.4. The quantitative estimate of drug-likeness (QED) is 0.0411. The zero-order valence-electron chi connectivity index (χ0n) is 56.8. The van der Waals surface area contributed by atoms with E-state index in [1.54, 1.807) is 6.92 Å². The molecule has 0 spiro atoms. The molecule has 0 aromatic rings. The van der Waals surface area contributed by atoms with Crippen molar-refractivity contribution in [1.82, 2.24) is 5.32 Å². The van der Waals surface area contributed by atoms with Crippen LogP contribution in [0.2, 0.25) is 90.7 Å². The van der Waals surface area contributed by atoms with Crippen molar-refractivity contribution < 1.29 is 56.6 Å². The van der Waals surface area contributed by atoms with E-state index in [2.05, 4.69) is 132 Å². The summed E-state index contributed by atoms with van der Waals surface area (Å²) in [7, 11) is -5.06. The van der Waals surface area contributed by atoms with E-state index in [4.69, 9.17) is 57.6 Å². The SMILES string of the molecule is CC(=O)CCCCCOC1(C2(C3(COCCCCCO)OCCCCCO3)OCCCCCO2)OCCCCCO1.CC(C)(CC(C)(C)O[Si](C)(C)C)C[Si](C)(C)C.CC(CCCNCCN)(CC(C)(C)O[Si](C)(C)C)C[Si](C)(C)C. The Morgan fingerprint density at radius 1 is 0.556 bits per heavy atom. The molecule has 484 valence electrons. The lowest BCUT2D eigenvalue weighted by Gasteiger charge is -2.55. The van der Waals surface area contributed by atoms with Crippen LogP contribution in [0.4, 0.5) is 0 Å². The zero-order valence-corrected chi connectivity index (χ0v) is 60.8. The Hall–Kier alpha value is 0.0175. The Morgan fingerprint density at radius 3 is 1.47 bits per heavy atom. The molecule has 0 amide bonds. The molecule has 18 heteroatoms. The Balaban J connectivity index is 0.000000690. The molecule has 1 unspecified atom stereocenters. The predicted molar refractivity (Wildman–Crippen MR) is 348 cm³/mol. The van der Waals surface area contributed by atoms with Gasteiger partial charge in [0.15, 0.2) is 16.6 Å². The van der Waals surface area contributed by atoms with Crippen molar-refractivity contribution in [3.05, 3.63) is 0 Å². The van der Waals surface area contributed by atoms with Gasteiger partial charge in [0.2, 0.25) is 0 Å². The maximum absolute atomic E-state index is 11.4. The number of ether oxygens (including phenoxy) is 8. The van der Waals surface area contributed by atoms with Crippen LogP contribution in [0.1, 0.15) is 184 Å². The van der Waals surface area contributed by atoms with Crippen molar-refractivity contribution in [2.75, 3.05) is 85.7 Å². The number of ketones is 1. The van der Waals surface area contributed by atoms with Crippen LogP contribution in [0, 0.1) is 10.8 Å². The van der Waals surface area contributed by atoms with E-state index in [1.165, 1.54) is 24.9 Å². The summed E-state index contributed by atoms with van der Waals surface area (Å²) in [4.78, 5) is 11.4. The Morgan fingerprint density at radius 2 is 1.01 bits per heavy atom. The Labute approximate surface area is 503 Å². The number of unbranched alkanes of at least 4 members (excludes halogenated alkanes) is 4. The minimum absolute atomic E-state index is 0.0215. The van der Waals surface area contributed by atoms with Crippen LogP contribution in [-0.4, -0.2) is 158 Å². The van der Waals surface area contributed by atoms with Crippen LogP contribution in [0.5, 0.6) is 0 Å². The second-order valence-electron chi connectivity index (χ2n) is 30.8. The van der Waals surface area contributed by atoms with Crippen molar-refractivity contribution in [3.63, 3.8) is 0 Å². The average Bonchev–Trinajstić information content (AvgIpc) is 3.39. The third-order valence-corrected chi connectivity index (χ3v) is 20.4. The number of carbonyl (C=O) groups excluding carboxylic acids is 1. The van der Waals surface area contributed by atoms with E-state index in [1.807, 2.05) is 0 Å². The van der Waals surface area contributed by atoms with Crippen molar-refractivity contribution in [2.45, 2.75) is 303 Å². The molecular weight excluding hydrogens is 1090 g/mol. The smallest absolute Gasteiger partial charge is 0.346 e. The number of nitrogens with two attached hydrogens (primary N) is 1. The maximum atomic E-state index is 11.4. The third-order valence-electron chi connectivity index (χ3n) is 14.2. The van der Waals surface area contributed by atoms with E-state index < -0.39 is 50.3 Å². The number of aliphatic hydroxyl groups is 1. The minimum Gasteiger partial charge on any atom is -0.413 e. The molecule has 0 radical (unpaired) electrons. The molecule has 0 aromatic carbocycles. The van der Waals surface area contributed by atoms with Gasteiger partial charge in [-0.25, -0.2) is 0 Å². The number of carbonyl (C=O) groups is 1. The van der Waals surface area contributed by atoms with Crippen molar-refractivity contribution in [1.29, 1.82) is 0 Å². The van der Waals surface area contributed by atoms with Gasteiger partial charge in [0, 0.05) is 48.9 Å². The van der Waals surface area contributed by atoms with E-state index in [0.29, 0.717) is 70.1 Å². The summed E-state index contributed by atoms with van der Waals surface area (Å²) in [6.07, 6.45) is 18.3. The molecule has 4 N–H and O–H groups in total. The predicted octanol–water partition coefficient (Wildman–Crippen LogP) is 15.1. The summed E-state index contributed by atoms with van der Waals surface area (Å²) < 4.78 is 65.7. The summed E-state index contributed by atoms with van der Waals surface area (Å²) in [5.41, 5.74) is 6.32. The number of hydrogen-bond donors (Lipinski definition) is 3. The maximum Gasteiger partial charge on any atom is 0.346 e. The number of aliphatic hydroxyl groups excluding tert-OH is 1. The lowest BCUT2D eigenvalue weighted by molar-refractivity contribution is -0.558. The first-order valence-corrected chi connectivity index (χ1v) is 46.6. The molecule has 3 aliphatic heterocycles. The number of Topliss-reactive ketones (excluding diaryl/α,β-unsaturated/α-hetero) is 1. The standard InChI is InChI=1S/C31H56O10.C18H44N2OSi2.C14H34OSi2/c1-28(33)17-7-2-10-24-39-31(40-25-15-6-16-26-41-31)30(37-22-13-5-14-23-38-30)29(27-34-19-9-3-8-18-32)35-20-11-4-12-21-36-29;1-17(2,21-23(7,8)9)15-18(3,16-22(4,5)6)11-10-13-20-14-12-19;1-13(2,12-16(5,6)7)11-14(3,4)15-17(8,9)10/h32H,2-27H2,1H3;20H,10-16,19H2,1-9H3;11-12H2,1-10H3. The lowest BCUT2D eigenvalue weighted by Crippen LogP contribution is -2.77. The van der Waals surface area contributed by atoms with E-state index in [9.17, 15) is 4.79 Å². The van der Waals surface area contributed by atoms with Crippen molar-refractivity contribution in [2.24, 2.45) is 16.6 Å². The van der Waals surface area contributed by atoms with Gasteiger partial charge in [-0.1, -0.05) is 78.6 Å². The van der Waals surface area contributed by atoms with E-state index in [0.717, 1.165) is 129 Å². The van der Waals surface area contributed by atoms with Gasteiger partial charge in [0.05, 0.1) is 57.5 Å². The summed E-state index contributed by atoms with van der Waals surface area (Å²) in [5.74, 6) is -4.72. The van der Waals surface area contributed by atoms with E-state index >= 15 is 0 Å². The third kappa shape index (κ3) is 35.6. The molecule has 3 saturated heterocycles. The number of nitrogens with one attached hydrogen (secondary N) is 1. The van der Waals surface area contributed by atoms with Crippen LogP contribution in [-0.2, 0) is 51.5 Å². The molecule has 0 aromatic heterocycles. The highest BCUT2D eigenvalue weighted by molar-refractivity contribution is 6.76. The van der Waals surface area contributed by atoms with Crippen LogP contribution in [0.3, 0.4) is 0 Å². The first-order valence-electron chi connectivity index (χ1n) is 32.4. The molecule has 3 rings (SSSR count). The fraction of sp³-hybridized carbons (Fsp3) is 0.984. The average molecular weight is 1220 g/mol. The highest BCUT2D eigenvalue weighted by Crippen LogP contribution is 2.48. The Bertz CT molecular complexity index is 1600. The van der Waals surface area contributed by atoms with Gasteiger partial charge >= 0.3 is 11.8 Å². The molecule has 3 aliphatic rings. The number of hydrogen-bond acceptors (Lipinski definition) is 14. The van der Waals surface area contributed by atoms with Gasteiger partial charge in [-0.05, 0) is 207 Å². The first-order chi connectivity index (χ1) is 37.4. The molecule has 0 bridgehead atoms. The van der Waals surface area contributed by atoms with Crippen LogP contribution in [0.25, 0.3) is 0 Å². The second-order valence-corrected chi connectivity index (χ2v) is 50.6. The summed E-state index contributed by atoms with van der Waals surface area (Å²) >= 11 is 0. The molecule has 81 heavy (non-hydrogen) atoms. The fourth-order valence-corrected chi connectivity index (χ4v) is 22.6. The topological polar surface area (TPSA) is 168 Å². The molecule has 0 aliphatic carbocycles. The van der Waals surface area contributed by atoms with Crippen molar-refractivity contribution in [3.8, 4) is 0 Å². The first kappa shape index (κ1) is 79.0. The largest absolute Gasteiger partial charge is 0.413 e. The van der Waals surface area contributed by atoms with Crippen molar-refractivity contribution >= 4 is 38.6 Å². The molecule has 0 saturated carbocycles. The van der Waals surface area contributed by atoms with Gasteiger partial charge in [0.1, 0.15) is 12.4 Å². The molecule has 3 heterocycles. The molecule has 14 nitrogen and oxygen atoms in total. The minimum atomic E-state index is -1.73. The van der Waals surface area contributed by atoms with Gasteiger partial charge < -0.3 is 67.7 Å². The monoisotopic (exact) mass is 1220 g/mol. The van der Waals surface area contributed by atoms with Gasteiger partial charge in [0.25, 0.3) is 5.79 Å². The zero-order chi connectivity index (χ0) is 61.6. The molecule has 1 atom stereocenters. The second kappa shape index (κ2) is 37.8. The van der Waals surface area contributed by atoms with Crippen LogP contribution in [0.15, 0.2) is 0 Å². The summed E-state index contributed by atoms with van der Waals surface area (Å²) in [6.45, 7) is 52.9.